The number of nitrogens with two attached hydrogens (primary N) is 1. The van der Waals surface area contributed by atoms with E-state index in [-0.39, 0.29) is 0 Å². The molecular formula is C9H16N2O4S. The number of hydrogen-bond donors (Lipinski definition) is 4. The molecule has 0 heterocycles. The van der Waals surface area contributed by atoms with E-state index in [1.807, 2.05) is 0 Å². The first-order valence-electron chi connectivity index (χ1n) is 4.66. The number of thiol groups is 1. The van der Waals surface area contributed by atoms with Crippen LogP contribution in [-0.2, 0) is 14.4 Å². The number of nitrogens with one attached hydrogen (secondary N) is 1. The van der Waals surface area contributed by atoms with E-state index in [2.05, 4.69) is 17.9 Å². The molecule has 2 atom stereocenters. The highest BCUT2D eigenvalue weighted by molar-refractivity contribution is 7.82. The van der Waals surface area contributed by atoms with Crippen LogP contribution in [0.3, 0.4) is 0 Å². The van der Waals surface area contributed by atoms with Gasteiger partial charge in [-0.15, -0.1) is 0 Å². The van der Waals surface area contributed by atoms with E-state index in [9.17, 15) is 14.4 Å². The molecule has 0 aromatic carbocycles. The minimum atomic E-state index is -1.72. The molecule has 0 saturated carbocycles. The highest BCUT2D eigenvalue weighted by Gasteiger charge is 2.49. The third-order valence-corrected chi connectivity index (χ3v) is 3.26. The van der Waals surface area contributed by atoms with Gasteiger partial charge in [-0.1, -0.05) is 13.8 Å². The number of primary amides is 1. The summed E-state index contributed by atoms with van der Waals surface area (Å²) in [5, 5.41) is 11.3. The summed E-state index contributed by atoms with van der Waals surface area (Å²) in [5.74, 6) is -3.26. The molecule has 4 N–H and O–H groups in total. The number of rotatable bonds is 5. The van der Waals surface area contributed by atoms with E-state index in [4.69, 9.17) is 10.8 Å². The van der Waals surface area contributed by atoms with Gasteiger partial charge >= 0.3 is 5.97 Å². The average Bonchev–Trinajstić information content (AvgIpc) is 2.11. The third kappa shape index (κ3) is 2.88. The van der Waals surface area contributed by atoms with Crippen LogP contribution in [0, 0.1) is 5.92 Å². The van der Waals surface area contributed by atoms with E-state index in [0.717, 1.165) is 0 Å². The Hall–Kier alpha value is -1.24. The Balaban J connectivity index is 5.35. The molecule has 0 aromatic rings. The Bertz CT molecular complexity index is 319. The molecule has 6 nitrogen and oxygen atoms in total. The van der Waals surface area contributed by atoms with Gasteiger partial charge in [0.2, 0.25) is 11.8 Å². The van der Waals surface area contributed by atoms with Crippen LogP contribution in [0.4, 0.5) is 0 Å². The Labute approximate surface area is 99.0 Å². The summed E-state index contributed by atoms with van der Waals surface area (Å²) in [5.41, 5.74) is 5.08. The Morgan fingerprint density at radius 1 is 1.38 bits per heavy atom. The fraction of sp³-hybridized carbons (Fsp3) is 0.667. The summed E-state index contributed by atoms with van der Waals surface area (Å²) < 4.78 is -1.72. The molecule has 0 radical (unpaired) electrons. The summed E-state index contributed by atoms with van der Waals surface area (Å²) in [4.78, 5) is 33.2. The molecule has 0 saturated heterocycles. The van der Waals surface area contributed by atoms with Gasteiger partial charge in [0.1, 0.15) is 10.8 Å². The van der Waals surface area contributed by atoms with Crippen LogP contribution in [-0.4, -0.2) is 33.7 Å². The number of carbonyl (C=O) groups is 3. The van der Waals surface area contributed by atoms with E-state index in [1.54, 1.807) is 13.8 Å². The van der Waals surface area contributed by atoms with Crippen LogP contribution in [0.1, 0.15) is 20.8 Å². The topological polar surface area (TPSA) is 109 Å². The molecule has 0 bridgehead atoms. The van der Waals surface area contributed by atoms with E-state index < -0.39 is 34.5 Å². The lowest BCUT2D eigenvalue weighted by Gasteiger charge is -2.34. The van der Waals surface area contributed by atoms with Gasteiger partial charge in [0, 0.05) is 6.92 Å². The normalized spacial score (nSPS) is 16.3. The van der Waals surface area contributed by atoms with Crippen LogP contribution >= 0.6 is 12.6 Å². The summed E-state index contributed by atoms with van der Waals surface area (Å²) in [7, 11) is 0. The molecule has 0 aliphatic rings. The van der Waals surface area contributed by atoms with Gasteiger partial charge in [-0.05, 0) is 5.92 Å². The molecular weight excluding hydrogens is 232 g/mol. The summed E-state index contributed by atoms with van der Waals surface area (Å²) in [6.07, 6.45) is 0. The Morgan fingerprint density at radius 3 is 2.00 bits per heavy atom. The SMILES string of the molecule is CC(=O)NC(C(N)=O)C(S)(C(=O)O)C(C)C. The van der Waals surface area contributed by atoms with E-state index in [1.165, 1.54) is 6.92 Å². The predicted octanol–water partition coefficient (Wildman–Crippen LogP) is -0.614. The predicted molar refractivity (Wildman–Crippen MR) is 61.0 cm³/mol. The number of carboxylic acid groups (broad SMARTS) is 1. The summed E-state index contributed by atoms with van der Waals surface area (Å²) in [6, 6.07) is -1.36. The highest BCUT2D eigenvalue weighted by atomic mass is 32.1. The second kappa shape index (κ2) is 5.20. The molecule has 2 unspecified atom stereocenters. The largest absolute Gasteiger partial charge is 0.480 e. The smallest absolute Gasteiger partial charge is 0.322 e. The zero-order chi connectivity index (χ0) is 13.1. The van der Waals surface area contributed by atoms with Gasteiger partial charge in [0.25, 0.3) is 0 Å². The lowest BCUT2D eigenvalue weighted by Crippen LogP contribution is -2.62. The van der Waals surface area contributed by atoms with Gasteiger partial charge in [0.15, 0.2) is 0 Å². The first-order valence-corrected chi connectivity index (χ1v) is 5.10. The molecule has 2 amide bonds. The van der Waals surface area contributed by atoms with Gasteiger partial charge < -0.3 is 16.2 Å². The standard InChI is InChI=1S/C9H16N2O4S/c1-4(2)9(16,8(14)15)6(7(10)13)11-5(3)12/h4,6,16H,1-3H3,(H2,10,13)(H,11,12)(H,14,15). The molecule has 92 valence electrons. The lowest BCUT2D eigenvalue weighted by molar-refractivity contribution is -0.144. The van der Waals surface area contributed by atoms with Crippen molar-refractivity contribution in [1.82, 2.24) is 5.32 Å². The fourth-order valence-corrected chi connectivity index (χ4v) is 1.50. The maximum atomic E-state index is 11.2. The minimum Gasteiger partial charge on any atom is -0.480 e. The van der Waals surface area contributed by atoms with Crippen LogP contribution in [0.15, 0.2) is 0 Å². The maximum Gasteiger partial charge on any atom is 0.322 e. The Kier molecular flexibility index (Phi) is 4.80. The highest BCUT2D eigenvalue weighted by Crippen LogP contribution is 2.29. The van der Waals surface area contributed by atoms with Crippen molar-refractivity contribution in [2.75, 3.05) is 0 Å². The number of amides is 2. The van der Waals surface area contributed by atoms with Crippen molar-refractivity contribution in [2.45, 2.75) is 31.6 Å². The van der Waals surface area contributed by atoms with Crippen LogP contribution in [0.2, 0.25) is 0 Å². The van der Waals surface area contributed by atoms with Gasteiger partial charge in [-0.2, -0.15) is 12.6 Å². The summed E-state index contributed by atoms with van der Waals surface area (Å²) in [6.45, 7) is 4.34. The molecule has 7 heteroatoms. The molecule has 0 rings (SSSR count). The van der Waals surface area contributed by atoms with Gasteiger partial charge in [-0.25, -0.2) is 0 Å². The Morgan fingerprint density at radius 2 is 1.81 bits per heavy atom. The molecule has 0 aromatic heterocycles. The van der Waals surface area contributed by atoms with Crippen LogP contribution in [0.5, 0.6) is 0 Å². The zero-order valence-electron chi connectivity index (χ0n) is 9.35. The van der Waals surface area contributed by atoms with Crippen molar-refractivity contribution in [1.29, 1.82) is 0 Å². The van der Waals surface area contributed by atoms with Crippen LogP contribution < -0.4 is 11.1 Å². The van der Waals surface area contributed by atoms with Crippen molar-refractivity contribution in [2.24, 2.45) is 11.7 Å². The van der Waals surface area contributed by atoms with Crippen molar-refractivity contribution in [3.8, 4) is 0 Å². The lowest BCUT2D eigenvalue weighted by atomic mass is 9.86. The third-order valence-electron chi connectivity index (χ3n) is 2.30. The number of carboxylic acids is 1. The van der Waals surface area contributed by atoms with Crippen molar-refractivity contribution in [3.63, 3.8) is 0 Å². The van der Waals surface area contributed by atoms with Gasteiger partial charge in [0.05, 0.1) is 0 Å². The van der Waals surface area contributed by atoms with Crippen molar-refractivity contribution >= 4 is 30.4 Å². The molecule has 16 heavy (non-hydrogen) atoms. The average molecular weight is 248 g/mol. The monoisotopic (exact) mass is 248 g/mol. The fourth-order valence-electron chi connectivity index (χ4n) is 1.31. The molecule has 0 spiro atoms. The van der Waals surface area contributed by atoms with Gasteiger partial charge in [-0.3, -0.25) is 14.4 Å². The quantitative estimate of drug-likeness (QED) is 0.486. The summed E-state index contributed by atoms with van der Waals surface area (Å²) >= 11 is 4.00. The minimum absolute atomic E-state index is 0.488. The van der Waals surface area contributed by atoms with E-state index in [0.29, 0.717) is 0 Å². The molecule has 0 aliphatic carbocycles. The second-order valence-corrected chi connectivity index (χ2v) is 4.56. The first kappa shape index (κ1) is 14.8. The van der Waals surface area contributed by atoms with Crippen molar-refractivity contribution in [3.05, 3.63) is 0 Å². The number of hydrogen-bond acceptors (Lipinski definition) is 4. The van der Waals surface area contributed by atoms with Crippen molar-refractivity contribution < 1.29 is 19.5 Å². The number of carbonyl (C=O) groups excluding carboxylic acids is 2. The number of aliphatic carboxylic acids is 1. The first-order chi connectivity index (χ1) is 7.13. The van der Waals surface area contributed by atoms with Crippen LogP contribution in [0.25, 0.3) is 0 Å². The molecule has 0 aliphatic heterocycles. The van der Waals surface area contributed by atoms with E-state index >= 15 is 0 Å². The maximum absolute atomic E-state index is 11.2. The zero-order valence-corrected chi connectivity index (χ0v) is 10.2. The molecule has 0 fully saturated rings. The second-order valence-electron chi connectivity index (χ2n) is 3.82.